The van der Waals surface area contributed by atoms with Gasteiger partial charge in [0.25, 0.3) is 11.1 Å². The van der Waals surface area contributed by atoms with Gasteiger partial charge >= 0.3 is 0 Å². The van der Waals surface area contributed by atoms with Crippen LogP contribution in [-0.2, 0) is 11.3 Å². The van der Waals surface area contributed by atoms with E-state index in [1.54, 1.807) is 24.3 Å². The molecule has 0 aliphatic carbocycles. The Kier molecular flexibility index (Phi) is 6.56. The summed E-state index contributed by atoms with van der Waals surface area (Å²) >= 11 is 13.1. The summed E-state index contributed by atoms with van der Waals surface area (Å²) in [6.07, 6.45) is 2.62. The fraction of sp³-hybridized carbons (Fsp3) is 0.167. The number of ether oxygens (including phenoxy) is 1. The van der Waals surface area contributed by atoms with Gasteiger partial charge in [-0.15, -0.1) is 0 Å². The van der Waals surface area contributed by atoms with Crippen molar-refractivity contribution in [2.75, 3.05) is 6.61 Å². The Morgan fingerprint density at radius 1 is 1.06 bits per heavy atom. The van der Waals surface area contributed by atoms with E-state index in [0.717, 1.165) is 34.5 Å². The zero-order chi connectivity index (χ0) is 22.0. The first-order chi connectivity index (χ1) is 15.0. The van der Waals surface area contributed by atoms with E-state index in [1.165, 1.54) is 4.90 Å². The lowest BCUT2D eigenvalue weighted by Crippen LogP contribution is -2.27. The molecule has 0 spiro atoms. The van der Waals surface area contributed by atoms with Crippen LogP contribution in [0.5, 0.6) is 5.75 Å². The second-order valence-electron chi connectivity index (χ2n) is 7.05. The molecule has 3 aromatic carbocycles. The van der Waals surface area contributed by atoms with E-state index in [0.29, 0.717) is 32.9 Å². The molecule has 0 radical (unpaired) electrons. The average molecular weight is 472 g/mol. The lowest BCUT2D eigenvalue weighted by atomic mass is 10.0. The summed E-state index contributed by atoms with van der Waals surface area (Å²) in [6.45, 7) is 2.69. The lowest BCUT2D eigenvalue weighted by molar-refractivity contribution is -0.123. The Hall–Kier alpha value is -2.47. The van der Waals surface area contributed by atoms with Crippen LogP contribution in [0.3, 0.4) is 0 Å². The Bertz CT molecular complexity index is 1210. The van der Waals surface area contributed by atoms with Crippen molar-refractivity contribution < 1.29 is 14.3 Å². The second kappa shape index (κ2) is 9.35. The molecule has 0 bridgehead atoms. The first-order valence-electron chi connectivity index (χ1n) is 9.81. The topological polar surface area (TPSA) is 46.6 Å². The van der Waals surface area contributed by atoms with Crippen LogP contribution in [0, 0.1) is 0 Å². The number of hydrogen-bond acceptors (Lipinski definition) is 4. The van der Waals surface area contributed by atoms with Crippen LogP contribution >= 0.6 is 35.0 Å². The number of carbonyl (C=O) groups is 2. The van der Waals surface area contributed by atoms with E-state index < -0.39 is 0 Å². The highest BCUT2D eigenvalue weighted by atomic mass is 35.5. The zero-order valence-corrected chi connectivity index (χ0v) is 19.1. The van der Waals surface area contributed by atoms with Crippen molar-refractivity contribution in [3.63, 3.8) is 0 Å². The van der Waals surface area contributed by atoms with E-state index in [1.807, 2.05) is 43.3 Å². The summed E-state index contributed by atoms with van der Waals surface area (Å²) in [5.74, 6) is 0.337. The van der Waals surface area contributed by atoms with Gasteiger partial charge in [0.05, 0.1) is 18.1 Å². The van der Waals surface area contributed by atoms with Crippen molar-refractivity contribution in [2.45, 2.75) is 19.9 Å². The van der Waals surface area contributed by atoms with Gasteiger partial charge in [0.15, 0.2) is 0 Å². The van der Waals surface area contributed by atoms with Crippen LogP contribution in [0.4, 0.5) is 4.79 Å². The highest BCUT2D eigenvalue weighted by molar-refractivity contribution is 8.18. The summed E-state index contributed by atoms with van der Waals surface area (Å²) in [6, 6.07) is 16.8. The van der Waals surface area contributed by atoms with E-state index >= 15 is 0 Å². The van der Waals surface area contributed by atoms with Crippen LogP contribution in [0.2, 0.25) is 10.0 Å². The molecule has 2 amide bonds. The first kappa shape index (κ1) is 21.8. The quantitative estimate of drug-likeness (QED) is 0.357. The molecule has 7 heteroatoms. The van der Waals surface area contributed by atoms with Gasteiger partial charge in [0, 0.05) is 15.6 Å². The molecule has 1 fully saturated rings. The third-order valence-electron chi connectivity index (χ3n) is 4.88. The molecule has 31 heavy (non-hydrogen) atoms. The normalized spacial score (nSPS) is 15.3. The summed E-state index contributed by atoms with van der Waals surface area (Å²) in [5.41, 5.74) is 1.45. The van der Waals surface area contributed by atoms with Crippen molar-refractivity contribution in [1.29, 1.82) is 0 Å². The number of benzene rings is 3. The number of halogens is 2. The van der Waals surface area contributed by atoms with Crippen molar-refractivity contribution in [3.8, 4) is 5.75 Å². The molecule has 0 atom stereocenters. The molecule has 158 valence electrons. The second-order valence-corrected chi connectivity index (χ2v) is 8.89. The Balaban J connectivity index is 1.70. The van der Waals surface area contributed by atoms with E-state index in [2.05, 4.69) is 0 Å². The van der Waals surface area contributed by atoms with E-state index in [4.69, 9.17) is 27.9 Å². The molecule has 0 saturated carbocycles. The Morgan fingerprint density at radius 3 is 2.65 bits per heavy atom. The largest absolute Gasteiger partial charge is 0.493 e. The first-order valence-corrected chi connectivity index (χ1v) is 11.4. The molecule has 0 N–H and O–H groups in total. The third-order valence-corrected chi connectivity index (χ3v) is 6.38. The molecule has 1 saturated heterocycles. The maximum Gasteiger partial charge on any atom is 0.293 e. The van der Waals surface area contributed by atoms with Gasteiger partial charge in [0.2, 0.25) is 0 Å². The third kappa shape index (κ3) is 4.59. The summed E-state index contributed by atoms with van der Waals surface area (Å²) in [5, 5.41) is 2.57. The lowest BCUT2D eigenvalue weighted by Gasteiger charge is -2.14. The standard InChI is InChI=1S/C24H19Cl2NO3S/c1-2-11-30-21-10-8-15-5-3-4-6-18(15)19(21)13-22-23(28)27(24(29)31-22)14-16-7-9-17(25)12-20(16)26/h3-10,12-13H,2,11,14H2,1H3/b22-13-. The van der Waals surface area contributed by atoms with Crippen molar-refractivity contribution in [1.82, 2.24) is 4.90 Å². The predicted molar refractivity (Wildman–Crippen MR) is 128 cm³/mol. The Labute approximate surface area is 194 Å². The summed E-state index contributed by atoms with van der Waals surface area (Å²) in [7, 11) is 0. The van der Waals surface area contributed by atoms with Crippen molar-refractivity contribution in [3.05, 3.63) is 80.7 Å². The summed E-state index contributed by atoms with van der Waals surface area (Å²) < 4.78 is 5.92. The minimum Gasteiger partial charge on any atom is -0.493 e. The fourth-order valence-electron chi connectivity index (χ4n) is 3.35. The van der Waals surface area contributed by atoms with Gasteiger partial charge in [-0.3, -0.25) is 14.5 Å². The SMILES string of the molecule is CCCOc1ccc2ccccc2c1/C=C1\SC(=O)N(Cc2ccc(Cl)cc2Cl)C1=O. The molecule has 1 aliphatic heterocycles. The smallest absolute Gasteiger partial charge is 0.293 e. The molecular weight excluding hydrogens is 453 g/mol. The monoisotopic (exact) mass is 471 g/mol. The van der Waals surface area contributed by atoms with Crippen LogP contribution in [0.15, 0.2) is 59.5 Å². The molecule has 4 nitrogen and oxygen atoms in total. The number of carbonyl (C=O) groups excluding carboxylic acids is 2. The van der Waals surface area contributed by atoms with E-state index in [9.17, 15) is 9.59 Å². The molecule has 0 unspecified atom stereocenters. The fourth-order valence-corrected chi connectivity index (χ4v) is 4.64. The van der Waals surface area contributed by atoms with Gasteiger partial charge < -0.3 is 4.74 Å². The maximum atomic E-state index is 13.1. The maximum absolute atomic E-state index is 13.1. The average Bonchev–Trinajstić information content (AvgIpc) is 3.02. The van der Waals surface area contributed by atoms with Crippen LogP contribution in [0.25, 0.3) is 16.8 Å². The van der Waals surface area contributed by atoms with Crippen molar-refractivity contribution in [2.24, 2.45) is 0 Å². The number of fused-ring (bicyclic) bond motifs is 1. The van der Waals surface area contributed by atoms with Gasteiger partial charge in [-0.1, -0.05) is 66.5 Å². The molecule has 1 aliphatic rings. The Morgan fingerprint density at radius 2 is 1.87 bits per heavy atom. The number of nitrogens with zero attached hydrogens (tertiary/aromatic N) is 1. The van der Waals surface area contributed by atoms with Crippen LogP contribution in [-0.4, -0.2) is 22.7 Å². The molecular formula is C24H19Cl2NO3S. The molecule has 3 aromatic rings. The number of amides is 2. The van der Waals surface area contributed by atoms with Gasteiger partial charge in [0.1, 0.15) is 5.75 Å². The molecule has 0 aromatic heterocycles. The van der Waals surface area contributed by atoms with Gasteiger partial charge in [-0.25, -0.2) is 0 Å². The number of imide groups is 1. The molecule has 4 rings (SSSR count). The highest BCUT2D eigenvalue weighted by Gasteiger charge is 2.35. The van der Waals surface area contributed by atoms with Crippen molar-refractivity contribution >= 4 is 63.0 Å². The highest BCUT2D eigenvalue weighted by Crippen LogP contribution is 2.38. The van der Waals surface area contributed by atoms with E-state index in [-0.39, 0.29) is 17.7 Å². The minimum atomic E-state index is -0.351. The predicted octanol–water partition coefficient (Wildman–Crippen LogP) is 7.17. The van der Waals surface area contributed by atoms with Crippen LogP contribution < -0.4 is 4.74 Å². The number of rotatable bonds is 6. The van der Waals surface area contributed by atoms with Gasteiger partial charge in [-0.2, -0.15) is 0 Å². The minimum absolute atomic E-state index is 0.0900. The van der Waals surface area contributed by atoms with Crippen LogP contribution in [0.1, 0.15) is 24.5 Å². The zero-order valence-electron chi connectivity index (χ0n) is 16.7. The molecule has 1 heterocycles. The summed E-state index contributed by atoms with van der Waals surface area (Å²) in [4.78, 5) is 27.2. The number of hydrogen-bond donors (Lipinski definition) is 0. The number of thioether (sulfide) groups is 1. The van der Waals surface area contributed by atoms with Gasteiger partial charge in [-0.05, 0) is 58.8 Å².